The van der Waals surface area contributed by atoms with Crippen molar-refractivity contribution in [1.82, 2.24) is 5.32 Å². The summed E-state index contributed by atoms with van der Waals surface area (Å²) in [5, 5.41) is 14.6. The van der Waals surface area contributed by atoms with Gasteiger partial charge in [-0.3, -0.25) is 0 Å². The first-order valence-corrected chi connectivity index (χ1v) is 7.12. The highest BCUT2D eigenvalue weighted by atomic mass is 35.5. The van der Waals surface area contributed by atoms with Crippen molar-refractivity contribution in [3.05, 3.63) is 56.7 Å². The zero-order chi connectivity index (χ0) is 13.8. The van der Waals surface area contributed by atoms with Gasteiger partial charge in [-0.2, -0.15) is 0 Å². The third kappa shape index (κ3) is 3.56. The summed E-state index contributed by atoms with van der Waals surface area (Å²) < 4.78 is 0. The fourth-order valence-corrected chi connectivity index (χ4v) is 2.88. The number of rotatable bonds is 5. The van der Waals surface area contributed by atoms with Crippen molar-refractivity contribution in [2.75, 3.05) is 0 Å². The Kier molecular flexibility index (Phi) is 4.58. The van der Waals surface area contributed by atoms with Gasteiger partial charge < -0.3 is 10.4 Å². The Morgan fingerprint density at radius 2 is 2.21 bits per heavy atom. The Hall–Kier alpha value is -1.36. The topological polar surface area (TPSA) is 49.3 Å². The lowest BCUT2D eigenvalue weighted by Gasteiger charge is -2.14. The molecule has 1 aromatic carbocycles. The maximum absolute atomic E-state index is 10.8. The average Bonchev–Trinajstić information content (AvgIpc) is 2.85. The summed E-state index contributed by atoms with van der Waals surface area (Å²) in [5.74, 6) is -0.887. The smallest absolute Gasteiger partial charge is 0.336 e. The largest absolute Gasteiger partial charge is 0.478 e. The fraction of sp³-hybridized carbons (Fsp3) is 0.214. The number of thiophene rings is 1. The molecule has 0 aliphatic heterocycles. The van der Waals surface area contributed by atoms with Gasteiger partial charge in [-0.1, -0.05) is 29.8 Å². The summed E-state index contributed by atoms with van der Waals surface area (Å²) in [5.41, 5.74) is 1.38. The van der Waals surface area contributed by atoms with E-state index in [1.807, 2.05) is 31.2 Å². The van der Waals surface area contributed by atoms with Crippen LogP contribution in [0, 0.1) is 0 Å². The van der Waals surface area contributed by atoms with Gasteiger partial charge >= 0.3 is 5.97 Å². The molecule has 0 aliphatic carbocycles. The second kappa shape index (κ2) is 6.19. The van der Waals surface area contributed by atoms with Crippen LogP contribution in [-0.4, -0.2) is 11.1 Å². The maximum Gasteiger partial charge on any atom is 0.336 e. The molecule has 0 fully saturated rings. The highest BCUT2D eigenvalue weighted by molar-refractivity contribution is 7.10. The predicted molar refractivity (Wildman–Crippen MR) is 78.0 cm³/mol. The van der Waals surface area contributed by atoms with Crippen molar-refractivity contribution in [2.45, 2.75) is 19.5 Å². The molecule has 5 heteroatoms. The summed E-state index contributed by atoms with van der Waals surface area (Å²) in [7, 11) is 0. The molecule has 0 amide bonds. The van der Waals surface area contributed by atoms with Crippen LogP contribution in [-0.2, 0) is 6.54 Å². The van der Waals surface area contributed by atoms with Crippen LogP contribution in [0.25, 0.3) is 0 Å². The number of halogens is 1. The summed E-state index contributed by atoms with van der Waals surface area (Å²) in [6.45, 7) is 2.66. The van der Waals surface area contributed by atoms with E-state index in [9.17, 15) is 4.79 Å². The number of carboxylic acid groups (broad SMARTS) is 1. The molecular weight excluding hydrogens is 282 g/mol. The van der Waals surface area contributed by atoms with Crippen molar-refractivity contribution in [2.24, 2.45) is 0 Å². The van der Waals surface area contributed by atoms with E-state index in [1.165, 1.54) is 11.3 Å². The molecule has 1 heterocycles. The molecule has 1 unspecified atom stereocenters. The minimum Gasteiger partial charge on any atom is -0.478 e. The van der Waals surface area contributed by atoms with Crippen molar-refractivity contribution in [1.29, 1.82) is 0 Å². The minimum absolute atomic E-state index is 0.115. The first-order valence-electron chi connectivity index (χ1n) is 5.86. The molecular formula is C14H14ClNO2S. The molecule has 2 N–H and O–H groups in total. The molecule has 0 aliphatic rings. The van der Waals surface area contributed by atoms with E-state index >= 15 is 0 Å². The fourth-order valence-electron chi connectivity index (χ4n) is 1.78. The second-order valence-electron chi connectivity index (χ2n) is 4.23. The lowest BCUT2D eigenvalue weighted by atomic mass is 10.1. The van der Waals surface area contributed by atoms with Crippen molar-refractivity contribution in [3.63, 3.8) is 0 Å². The number of nitrogens with one attached hydrogen (secondary N) is 1. The second-order valence-corrected chi connectivity index (χ2v) is 5.63. The number of aromatic carboxylic acids is 1. The van der Waals surface area contributed by atoms with E-state index < -0.39 is 5.97 Å². The number of hydrogen-bond donors (Lipinski definition) is 2. The maximum atomic E-state index is 10.8. The predicted octanol–water partition coefficient (Wildman–Crippen LogP) is 3.95. The molecule has 1 aromatic heterocycles. The number of carboxylic acids is 1. The lowest BCUT2D eigenvalue weighted by Crippen LogP contribution is -2.17. The summed E-state index contributed by atoms with van der Waals surface area (Å²) in [6, 6.07) is 9.51. The van der Waals surface area contributed by atoms with E-state index in [4.69, 9.17) is 16.7 Å². The molecule has 0 bridgehead atoms. The number of hydrogen-bond acceptors (Lipinski definition) is 3. The SMILES string of the molecule is CC(NCc1cc(C(=O)O)cs1)c1ccccc1Cl. The van der Waals surface area contributed by atoms with Crippen LogP contribution in [0.1, 0.15) is 33.8 Å². The zero-order valence-electron chi connectivity index (χ0n) is 10.4. The van der Waals surface area contributed by atoms with Gasteiger partial charge in [0.1, 0.15) is 0 Å². The molecule has 1 atom stereocenters. The van der Waals surface area contributed by atoms with Crippen LogP contribution in [0.2, 0.25) is 5.02 Å². The van der Waals surface area contributed by atoms with Crippen molar-refractivity contribution in [3.8, 4) is 0 Å². The third-order valence-electron chi connectivity index (χ3n) is 2.85. The van der Waals surface area contributed by atoms with Crippen LogP contribution in [0.5, 0.6) is 0 Å². The quantitative estimate of drug-likeness (QED) is 0.878. The molecule has 0 spiro atoms. The number of carbonyl (C=O) groups is 1. The lowest BCUT2D eigenvalue weighted by molar-refractivity contribution is 0.0697. The molecule has 19 heavy (non-hydrogen) atoms. The van der Waals surface area contributed by atoms with Gasteiger partial charge in [0.2, 0.25) is 0 Å². The number of benzene rings is 1. The van der Waals surface area contributed by atoms with Crippen molar-refractivity contribution >= 4 is 28.9 Å². The summed E-state index contributed by atoms with van der Waals surface area (Å²) in [6.07, 6.45) is 0. The van der Waals surface area contributed by atoms with Gasteiger partial charge in [0.25, 0.3) is 0 Å². The zero-order valence-corrected chi connectivity index (χ0v) is 12.0. The molecule has 0 radical (unpaired) electrons. The van der Waals surface area contributed by atoms with Gasteiger partial charge in [0.05, 0.1) is 5.56 Å². The Morgan fingerprint density at radius 1 is 1.47 bits per heavy atom. The first kappa shape index (κ1) is 14.1. The van der Waals surface area contributed by atoms with Gasteiger partial charge in [-0.25, -0.2) is 4.79 Å². The molecule has 0 saturated heterocycles. The van der Waals surface area contributed by atoms with Gasteiger partial charge in [-0.05, 0) is 24.6 Å². The highest BCUT2D eigenvalue weighted by Gasteiger charge is 2.10. The minimum atomic E-state index is -0.887. The van der Waals surface area contributed by atoms with Gasteiger partial charge in [-0.15, -0.1) is 11.3 Å². The van der Waals surface area contributed by atoms with Crippen molar-refractivity contribution < 1.29 is 9.90 Å². The van der Waals surface area contributed by atoms with Crippen LogP contribution >= 0.6 is 22.9 Å². The van der Waals surface area contributed by atoms with E-state index in [-0.39, 0.29) is 6.04 Å². The Balaban J connectivity index is 1.98. The van der Waals surface area contributed by atoms with E-state index in [0.29, 0.717) is 12.1 Å². The molecule has 3 nitrogen and oxygen atoms in total. The summed E-state index contributed by atoms with van der Waals surface area (Å²) in [4.78, 5) is 11.8. The molecule has 2 aromatic rings. The van der Waals surface area contributed by atoms with Gasteiger partial charge in [0, 0.05) is 27.9 Å². The average molecular weight is 296 g/mol. The highest BCUT2D eigenvalue weighted by Crippen LogP contribution is 2.23. The molecule has 2 rings (SSSR count). The third-order valence-corrected chi connectivity index (χ3v) is 4.14. The normalized spacial score (nSPS) is 12.3. The van der Waals surface area contributed by atoms with Crippen LogP contribution in [0.4, 0.5) is 0 Å². The Bertz CT molecular complexity index is 582. The monoisotopic (exact) mass is 295 g/mol. The first-order chi connectivity index (χ1) is 9.08. The molecule has 100 valence electrons. The van der Waals surface area contributed by atoms with E-state index in [0.717, 1.165) is 15.5 Å². The Labute approximate surface area is 120 Å². The summed E-state index contributed by atoms with van der Waals surface area (Å²) >= 11 is 7.57. The standard InChI is InChI=1S/C14H14ClNO2S/c1-9(12-4-2-3-5-13(12)15)16-7-11-6-10(8-19-11)14(17)18/h2-6,8-9,16H,7H2,1H3,(H,17,18). The molecule has 0 saturated carbocycles. The van der Waals surface area contributed by atoms with Gasteiger partial charge in [0.15, 0.2) is 0 Å². The van der Waals surface area contributed by atoms with Crippen LogP contribution in [0.3, 0.4) is 0 Å². The van der Waals surface area contributed by atoms with E-state index in [1.54, 1.807) is 11.4 Å². The van der Waals surface area contributed by atoms with E-state index in [2.05, 4.69) is 5.32 Å². The Morgan fingerprint density at radius 3 is 2.84 bits per heavy atom. The van der Waals surface area contributed by atoms with Crippen LogP contribution in [0.15, 0.2) is 35.7 Å². The van der Waals surface area contributed by atoms with Crippen LogP contribution < -0.4 is 5.32 Å².